The summed E-state index contributed by atoms with van der Waals surface area (Å²) in [4.78, 5) is 52.5. The predicted molar refractivity (Wildman–Crippen MR) is 261 cm³/mol. The van der Waals surface area contributed by atoms with Crippen LogP contribution in [-0.4, -0.2) is 93.0 Å². The Morgan fingerprint density at radius 2 is 1.00 bits per heavy atom. The van der Waals surface area contributed by atoms with Crippen molar-refractivity contribution in [3.8, 4) is 0 Å². The number of nitrogens with one attached hydrogen (secondary N) is 1. The Balaban J connectivity index is 0.000000176. The van der Waals surface area contributed by atoms with Crippen LogP contribution < -0.4 is 11.1 Å². The molecule has 8 fully saturated rings. The lowest BCUT2D eigenvalue weighted by Gasteiger charge is -2.61. The van der Waals surface area contributed by atoms with E-state index in [1.807, 2.05) is 27.7 Å². The molecule has 0 aliphatic heterocycles. The quantitative estimate of drug-likeness (QED) is 0.161. The zero-order valence-electron chi connectivity index (χ0n) is 43.2. The summed E-state index contributed by atoms with van der Waals surface area (Å²) in [5.41, 5.74) is 4.72. The number of nitrogens with zero attached hydrogens (tertiary/aromatic N) is 6. The van der Waals surface area contributed by atoms with Crippen molar-refractivity contribution in [2.45, 2.75) is 195 Å². The second-order valence-corrected chi connectivity index (χ2v) is 25.1. The van der Waals surface area contributed by atoms with Gasteiger partial charge in [0.2, 0.25) is 0 Å². The minimum Gasteiger partial charge on any atom is -0.476 e. The van der Waals surface area contributed by atoms with Gasteiger partial charge in [-0.15, -0.1) is 10.2 Å². The molecule has 0 spiro atoms. The van der Waals surface area contributed by atoms with Gasteiger partial charge >= 0.3 is 5.97 Å². The van der Waals surface area contributed by atoms with Gasteiger partial charge in [-0.1, -0.05) is 34.6 Å². The predicted octanol–water partition coefficient (Wildman–Crippen LogP) is 7.93. The maximum atomic E-state index is 13.5. The molecule has 0 saturated heterocycles. The van der Waals surface area contributed by atoms with E-state index in [9.17, 15) is 29.4 Å². The molecule has 1 amide bonds. The highest BCUT2D eigenvalue weighted by Gasteiger charge is 2.63. The highest BCUT2D eigenvalue weighted by Crippen LogP contribution is 2.70. The van der Waals surface area contributed by atoms with Crippen molar-refractivity contribution in [3.63, 3.8) is 0 Å². The van der Waals surface area contributed by atoms with Crippen LogP contribution in [0.1, 0.15) is 192 Å². The molecule has 2 aromatic heterocycles. The van der Waals surface area contributed by atoms with Crippen molar-refractivity contribution in [2.75, 3.05) is 13.1 Å². The van der Waals surface area contributed by atoms with E-state index < -0.39 is 17.2 Å². The molecule has 0 bridgehead atoms. The lowest BCUT2D eigenvalue weighted by molar-refractivity contribution is -0.151. The molecule has 69 heavy (non-hydrogen) atoms. The van der Waals surface area contributed by atoms with Gasteiger partial charge in [0.25, 0.3) is 5.91 Å². The Hall–Kier alpha value is -3.56. The summed E-state index contributed by atoms with van der Waals surface area (Å²) in [5.74, 6) is 4.29. The molecular formula is C54H86N8O7. The summed E-state index contributed by atoms with van der Waals surface area (Å²) >= 11 is 0. The Morgan fingerprint density at radius 1 is 0.594 bits per heavy atom. The van der Waals surface area contributed by atoms with Gasteiger partial charge in [0, 0.05) is 18.4 Å². The molecule has 15 heteroatoms. The fourth-order valence-electron chi connectivity index (χ4n) is 17.6. The number of fused-ring (bicyclic) bond motifs is 10. The van der Waals surface area contributed by atoms with Crippen molar-refractivity contribution >= 4 is 23.4 Å². The SMILES string of the molecule is CCN.CCNC(=O)c1cnn(CC(=O)[C@H]2CC[C@H]3[C@@H]4CC[C@@H]5C[C@](C)(O)CC[C@]5(C)[C@H]4CC[C@]23C)n1.C[C@@]1(O)CC[C@@]2(C)[C@H](CC[C@@H]3[C@@H]2CC[C@]2(C)[C@@H](C(=O)Cn4ncc(C(=O)O)n4)CC[C@@H]32)C1. The first-order valence-electron chi connectivity index (χ1n) is 27.0. The highest BCUT2D eigenvalue weighted by molar-refractivity contribution is 5.91. The normalized spacial score (nSPS) is 42.8. The third-order valence-electron chi connectivity index (χ3n) is 21.1. The molecule has 2 heterocycles. The van der Waals surface area contributed by atoms with Crippen molar-refractivity contribution in [2.24, 2.45) is 86.6 Å². The molecule has 10 rings (SSSR count). The van der Waals surface area contributed by atoms with E-state index in [0.29, 0.717) is 58.8 Å². The fraction of sp³-hybridized carbons (Fsp3) is 0.852. The van der Waals surface area contributed by atoms with E-state index in [0.717, 1.165) is 89.5 Å². The smallest absolute Gasteiger partial charge is 0.358 e. The molecule has 384 valence electrons. The first-order valence-corrected chi connectivity index (χ1v) is 27.0. The van der Waals surface area contributed by atoms with E-state index >= 15 is 0 Å². The molecule has 8 aliphatic carbocycles. The average molecular weight is 959 g/mol. The molecule has 15 nitrogen and oxygen atoms in total. The summed E-state index contributed by atoms with van der Waals surface area (Å²) in [6, 6.07) is 0. The van der Waals surface area contributed by atoms with Crippen LogP contribution in [0.5, 0.6) is 0 Å². The van der Waals surface area contributed by atoms with Crippen LogP contribution in [0.25, 0.3) is 0 Å². The number of aromatic nitrogens is 6. The number of carbonyl (C=O) groups is 4. The van der Waals surface area contributed by atoms with E-state index in [2.05, 4.69) is 53.4 Å². The van der Waals surface area contributed by atoms with Crippen LogP contribution in [0, 0.1) is 80.8 Å². The van der Waals surface area contributed by atoms with Gasteiger partial charge in [-0.3, -0.25) is 14.4 Å². The Morgan fingerprint density at radius 3 is 1.41 bits per heavy atom. The molecule has 0 radical (unpaired) electrons. The summed E-state index contributed by atoms with van der Waals surface area (Å²) in [7, 11) is 0. The number of carboxylic acids is 1. The van der Waals surface area contributed by atoms with Gasteiger partial charge in [-0.05, 0) is 212 Å². The first kappa shape index (κ1) is 51.8. The second kappa shape index (κ2) is 19.5. The lowest BCUT2D eigenvalue weighted by atomic mass is 9.44. The zero-order chi connectivity index (χ0) is 49.9. The van der Waals surface area contributed by atoms with Crippen molar-refractivity contribution in [3.05, 3.63) is 23.8 Å². The maximum Gasteiger partial charge on any atom is 0.358 e. The number of aromatic carboxylic acids is 1. The third kappa shape index (κ3) is 9.64. The largest absolute Gasteiger partial charge is 0.476 e. The number of carboxylic acid groups (broad SMARTS) is 1. The van der Waals surface area contributed by atoms with Crippen molar-refractivity contribution in [1.29, 1.82) is 0 Å². The molecule has 8 aliphatic rings. The molecule has 16 atom stereocenters. The maximum absolute atomic E-state index is 13.5. The Labute approximate surface area is 410 Å². The van der Waals surface area contributed by atoms with Gasteiger partial charge in [0.1, 0.15) is 13.1 Å². The number of carbonyl (C=O) groups excluding carboxylic acids is 3. The molecule has 8 saturated carbocycles. The second-order valence-electron chi connectivity index (χ2n) is 25.1. The fourth-order valence-corrected chi connectivity index (χ4v) is 17.6. The third-order valence-corrected chi connectivity index (χ3v) is 21.1. The number of rotatable bonds is 9. The number of Topliss-reactive ketones (excluding diaryl/α,β-unsaturated/α-hetero) is 2. The van der Waals surface area contributed by atoms with Gasteiger partial charge < -0.3 is 26.4 Å². The summed E-state index contributed by atoms with van der Waals surface area (Å²) in [6.45, 7) is 19.0. The van der Waals surface area contributed by atoms with Gasteiger partial charge in [-0.2, -0.15) is 19.8 Å². The minimum absolute atomic E-state index is 0.00495. The van der Waals surface area contributed by atoms with Crippen LogP contribution in [0.2, 0.25) is 0 Å². The monoisotopic (exact) mass is 959 g/mol. The molecule has 0 unspecified atom stereocenters. The van der Waals surface area contributed by atoms with Crippen LogP contribution in [0.15, 0.2) is 12.4 Å². The average Bonchev–Trinajstić information content (AvgIpc) is 4.10. The number of nitrogens with two attached hydrogens (primary N) is 1. The zero-order valence-corrected chi connectivity index (χ0v) is 43.2. The number of ketones is 2. The van der Waals surface area contributed by atoms with E-state index in [1.54, 1.807) is 0 Å². The molecular weight excluding hydrogens is 873 g/mol. The summed E-state index contributed by atoms with van der Waals surface area (Å²) in [6.07, 6.45) is 22.2. The standard InChI is InChI=1S/C27H42N4O3.C25H37N3O4.C2H7N/c1-5-28-24(33)22-15-29-31(30-22)16-23(32)21-9-8-19-18-7-6-17-14-25(2,34)12-13-26(17,3)20(18)10-11-27(19,21)4;1-23(32)10-11-24(2)15(12-23)4-5-16-17-6-7-19(25(17,3)9-8-18(16)24)21(29)14-28-26-13-20(27-28)22(30)31;1-2-3/h15,17-21,34H,5-14,16H2,1-4H3,(H,28,33);13,15-19,32H,4-12,14H2,1-3H3,(H,30,31);2-3H2,1H3/t17-,18+,19+,20+,21-,25-,26+,27+;15-,16+,17+,18+,19-,23-,24+,25+;/m11./s1. The lowest BCUT2D eigenvalue weighted by Crippen LogP contribution is -2.55. The Kier molecular flexibility index (Phi) is 14.6. The van der Waals surface area contributed by atoms with Crippen LogP contribution >= 0.6 is 0 Å². The van der Waals surface area contributed by atoms with Gasteiger partial charge in [0.15, 0.2) is 23.0 Å². The van der Waals surface area contributed by atoms with E-state index in [-0.39, 0.29) is 64.6 Å². The van der Waals surface area contributed by atoms with Crippen LogP contribution in [-0.2, 0) is 22.7 Å². The van der Waals surface area contributed by atoms with Gasteiger partial charge in [-0.25, -0.2) is 4.79 Å². The van der Waals surface area contributed by atoms with Crippen molar-refractivity contribution in [1.82, 2.24) is 35.3 Å². The molecule has 0 aromatic carbocycles. The summed E-state index contributed by atoms with van der Waals surface area (Å²) < 4.78 is 0. The molecule has 2 aromatic rings. The topological polar surface area (TPSA) is 228 Å². The van der Waals surface area contributed by atoms with E-state index in [4.69, 9.17) is 10.8 Å². The van der Waals surface area contributed by atoms with Crippen LogP contribution in [0.3, 0.4) is 0 Å². The minimum atomic E-state index is -1.12. The number of aliphatic hydroxyl groups is 2. The van der Waals surface area contributed by atoms with Gasteiger partial charge in [0.05, 0.1) is 23.6 Å². The van der Waals surface area contributed by atoms with Crippen LogP contribution in [0.4, 0.5) is 0 Å². The summed E-state index contributed by atoms with van der Waals surface area (Å²) in [5, 5.41) is 49.6. The molecule has 6 N–H and O–H groups in total. The number of amides is 1. The Bertz CT molecular complexity index is 2210. The highest BCUT2D eigenvalue weighted by atomic mass is 16.4. The van der Waals surface area contributed by atoms with Crippen molar-refractivity contribution < 1.29 is 34.5 Å². The first-order chi connectivity index (χ1) is 32.5. The number of hydrogen-bond acceptors (Lipinski definition) is 11. The van der Waals surface area contributed by atoms with E-state index in [1.165, 1.54) is 60.5 Å². The number of hydrogen-bond donors (Lipinski definition) is 5.